The molecule has 0 aliphatic rings. The number of hydrogen-bond acceptors (Lipinski definition) is 4. The van der Waals surface area contributed by atoms with Crippen LogP contribution in [0.1, 0.15) is 47.8 Å². The molecule has 1 unspecified atom stereocenters. The van der Waals surface area contributed by atoms with Crippen LogP contribution in [0.15, 0.2) is 36.4 Å². The molecule has 3 nitrogen and oxygen atoms in total. The van der Waals surface area contributed by atoms with Crippen molar-refractivity contribution in [3.05, 3.63) is 57.3 Å². The van der Waals surface area contributed by atoms with Crippen LogP contribution in [0.5, 0.6) is 0 Å². The number of carbonyl (C=O) groups excluding carboxylic acids is 1. The van der Waals surface area contributed by atoms with Crippen molar-refractivity contribution in [2.75, 3.05) is 0 Å². The van der Waals surface area contributed by atoms with Gasteiger partial charge in [-0.3, -0.25) is 4.79 Å². The van der Waals surface area contributed by atoms with Crippen LogP contribution in [0, 0.1) is 0 Å². The second-order valence-electron chi connectivity index (χ2n) is 5.32. The highest BCUT2D eigenvalue weighted by Crippen LogP contribution is 2.19. The molecule has 22 heavy (non-hydrogen) atoms. The van der Waals surface area contributed by atoms with Gasteiger partial charge in [-0.25, -0.2) is 0 Å². The van der Waals surface area contributed by atoms with Gasteiger partial charge >= 0.3 is 5.97 Å². The minimum Gasteiger partial charge on any atom is -0.458 e. The molecular formula is C18H23NO2S. The fourth-order valence-corrected chi connectivity index (χ4v) is 3.24. The van der Waals surface area contributed by atoms with Gasteiger partial charge in [0.25, 0.3) is 0 Å². The molecule has 0 radical (unpaired) electrons. The Bertz CT molecular complexity index is 621. The minimum absolute atomic E-state index is 0.207. The number of benzene rings is 1. The second kappa shape index (κ2) is 8.11. The Balaban J connectivity index is 1.88. The lowest BCUT2D eigenvalue weighted by atomic mass is 10.1. The van der Waals surface area contributed by atoms with E-state index >= 15 is 0 Å². The zero-order valence-corrected chi connectivity index (χ0v) is 14.2. The van der Waals surface area contributed by atoms with E-state index in [1.54, 1.807) is 0 Å². The topological polar surface area (TPSA) is 38.3 Å². The lowest BCUT2D eigenvalue weighted by molar-refractivity contribution is -0.145. The van der Waals surface area contributed by atoms with Crippen LogP contribution in [-0.2, 0) is 29.0 Å². The standard InChI is InChI=1S/C18H23NO2S/c1-4-17-8-9-18(22-17)12-19-11-15-6-5-7-16(10-15)13(2)21-14(3)20/h5-10,13,19H,4,11-12H2,1-3H3. The Labute approximate surface area is 136 Å². The molecule has 0 saturated heterocycles. The maximum atomic E-state index is 11.0. The molecule has 1 aromatic carbocycles. The Morgan fingerprint density at radius 1 is 1.23 bits per heavy atom. The van der Waals surface area contributed by atoms with E-state index in [-0.39, 0.29) is 12.1 Å². The van der Waals surface area contributed by atoms with Crippen molar-refractivity contribution in [3.63, 3.8) is 0 Å². The summed E-state index contributed by atoms with van der Waals surface area (Å²) in [5.41, 5.74) is 2.22. The van der Waals surface area contributed by atoms with Crippen LogP contribution in [0.2, 0.25) is 0 Å². The lowest BCUT2D eigenvalue weighted by Crippen LogP contribution is -2.12. The Morgan fingerprint density at radius 3 is 2.68 bits per heavy atom. The van der Waals surface area contributed by atoms with Gasteiger partial charge in [-0.1, -0.05) is 31.2 Å². The van der Waals surface area contributed by atoms with E-state index in [9.17, 15) is 4.79 Å². The molecule has 0 bridgehead atoms. The fraction of sp³-hybridized carbons (Fsp3) is 0.389. The lowest BCUT2D eigenvalue weighted by Gasteiger charge is -2.13. The summed E-state index contributed by atoms with van der Waals surface area (Å²) in [5, 5.41) is 3.46. The van der Waals surface area contributed by atoms with Crippen LogP contribution < -0.4 is 5.32 Å². The maximum absolute atomic E-state index is 11.0. The molecule has 4 heteroatoms. The van der Waals surface area contributed by atoms with Crippen molar-refractivity contribution >= 4 is 17.3 Å². The average molecular weight is 317 g/mol. The van der Waals surface area contributed by atoms with Gasteiger partial charge in [0, 0.05) is 29.8 Å². The van der Waals surface area contributed by atoms with Crippen LogP contribution in [0.25, 0.3) is 0 Å². The van der Waals surface area contributed by atoms with Crippen molar-refractivity contribution in [3.8, 4) is 0 Å². The van der Waals surface area contributed by atoms with Crippen molar-refractivity contribution in [2.45, 2.75) is 46.4 Å². The number of hydrogen-bond donors (Lipinski definition) is 1. The minimum atomic E-state index is -0.250. The molecule has 118 valence electrons. The average Bonchev–Trinajstić information content (AvgIpc) is 2.95. The summed E-state index contributed by atoms with van der Waals surface area (Å²) in [5.74, 6) is -0.250. The highest BCUT2D eigenvalue weighted by molar-refractivity contribution is 7.11. The van der Waals surface area contributed by atoms with Gasteiger partial charge in [0.15, 0.2) is 0 Å². The molecule has 0 saturated carbocycles. The quantitative estimate of drug-likeness (QED) is 0.777. The van der Waals surface area contributed by atoms with E-state index < -0.39 is 0 Å². The highest BCUT2D eigenvalue weighted by Gasteiger charge is 2.08. The van der Waals surface area contributed by atoms with Crippen molar-refractivity contribution < 1.29 is 9.53 Å². The third-order valence-corrected chi connectivity index (χ3v) is 4.69. The number of esters is 1. The number of aryl methyl sites for hydroxylation is 1. The first-order valence-corrected chi connectivity index (χ1v) is 8.44. The van der Waals surface area contributed by atoms with Crippen molar-refractivity contribution in [1.29, 1.82) is 0 Å². The largest absolute Gasteiger partial charge is 0.458 e. The number of carbonyl (C=O) groups is 1. The van der Waals surface area contributed by atoms with Crippen molar-refractivity contribution in [1.82, 2.24) is 5.32 Å². The maximum Gasteiger partial charge on any atom is 0.303 e. The van der Waals surface area contributed by atoms with Crippen LogP contribution in [0.4, 0.5) is 0 Å². The molecule has 1 aromatic heterocycles. The molecule has 1 heterocycles. The molecule has 0 amide bonds. The second-order valence-corrected chi connectivity index (χ2v) is 6.57. The van der Waals surface area contributed by atoms with E-state index in [2.05, 4.69) is 36.5 Å². The number of thiophene rings is 1. The third kappa shape index (κ3) is 4.97. The first-order chi connectivity index (χ1) is 10.6. The third-order valence-electron chi connectivity index (χ3n) is 3.46. The van der Waals surface area contributed by atoms with E-state index in [1.165, 1.54) is 22.2 Å². The van der Waals surface area contributed by atoms with Gasteiger partial charge in [0.2, 0.25) is 0 Å². The zero-order chi connectivity index (χ0) is 15.9. The zero-order valence-electron chi connectivity index (χ0n) is 13.4. The first-order valence-electron chi connectivity index (χ1n) is 7.63. The molecule has 0 aliphatic heterocycles. The summed E-state index contributed by atoms with van der Waals surface area (Å²) in [6, 6.07) is 12.6. The SMILES string of the molecule is CCc1ccc(CNCc2cccc(C(C)OC(C)=O)c2)s1. The highest BCUT2D eigenvalue weighted by atomic mass is 32.1. The van der Waals surface area contributed by atoms with Gasteiger partial charge in [-0.15, -0.1) is 11.3 Å². The van der Waals surface area contributed by atoms with E-state index in [1.807, 2.05) is 30.4 Å². The molecule has 2 rings (SSSR count). The van der Waals surface area contributed by atoms with Gasteiger partial charge in [0.05, 0.1) is 0 Å². The van der Waals surface area contributed by atoms with Crippen LogP contribution in [0.3, 0.4) is 0 Å². The predicted octanol–water partition coefficient (Wildman–Crippen LogP) is 4.22. The summed E-state index contributed by atoms with van der Waals surface area (Å²) in [4.78, 5) is 13.8. The Kier molecular flexibility index (Phi) is 6.16. The summed E-state index contributed by atoms with van der Waals surface area (Å²) < 4.78 is 5.22. The molecular weight excluding hydrogens is 294 g/mol. The normalized spacial score (nSPS) is 12.1. The number of ether oxygens (including phenoxy) is 1. The molecule has 0 spiro atoms. The molecule has 0 fully saturated rings. The summed E-state index contributed by atoms with van der Waals surface area (Å²) >= 11 is 1.86. The van der Waals surface area contributed by atoms with Crippen LogP contribution in [-0.4, -0.2) is 5.97 Å². The van der Waals surface area contributed by atoms with E-state index in [0.717, 1.165) is 25.1 Å². The smallest absolute Gasteiger partial charge is 0.303 e. The fourth-order valence-electron chi connectivity index (χ4n) is 2.31. The Hall–Kier alpha value is -1.65. The Morgan fingerprint density at radius 2 is 2.00 bits per heavy atom. The van der Waals surface area contributed by atoms with Gasteiger partial charge in [-0.05, 0) is 36.6 Å². The van der Waals surface area contributed by atoms with Gasteiger partial charge in [-0.2, -0.15) is 0 Å². The van der Waals surface area contributed by atoms with Crippen LogP contribution >= 0.6 is 11.3 Å². The molecule has 0 aliphatic carbocycles. The number of nitrogens with one attached hydrogen (secondary N) is 1. The monoisotopic (exact) mass is 317 g/mol. The summed E-state index contributed by atoms with van der Waals surface area (Å²) in [6.07, 6.45) is 0.891. The van der Waals surface area contributed by atoms with Gasteiger partial charge in [0.1, 0.15) is 6.10 Å². The predicted molar refractivity (Wildman–Crippen MR) is 90.9 cm³/mol. The summed E-state index contributed by atoms with van der Waals surface area (Å²) in [6.45, 7) is 7.20. The molecule has 1 atom stereocenters. The van der Waals surface area contributed by atoms with E-state index in [0.29, 0.717) is 0 Å². The number of rotatable bonds is 7. The molecule has 2 aromatic rings. The summed E-state index contributed by atoms with van der Waals surface area (Å²) in [7, 11) is 0. The van der Waals surface area contributed by atoms with E-state index in [4.69, 9.17) is 4.74 Å². The first kappa shape index (κ1) is 16.7. The van der Waals surface area contributed by atoms with Gasteiger partial charge < -0.3 is 10.1 Å². The van der Waals surface area contributed by atoms with Crippen molar-refractivity contribution in [2.24, 2.45) is 0 Å². The molecule has 1 N–H and O–H groups in total.